The van der Waals surface area contributed by atoms with E-state index in [1.165, 1.54) is 0 Å². The van der Waals surface area contributed by atoms with Crippen molar-refractivity contribution in [1.82, 2.24) is 0 Å². The first-order chi connectivity index (χ1) is 11.7. The average Bonchev–Trinajstić information content (AvgIpc) is 2.79. The van der Waals surface area contributed by atoms with Crippen LogP contribution < -0.4 is 4.90 Å². The van der Waals surface area contributed by atoms with Crippen molar-refractivity contribution in [2.45, 2.75) is 23.8 Å². The predicted octanol–water partition coefficient (Wildman–Crippen LogP) is 3.82. The number of anilines is 1. The largest absolute Gasteiger partial charge is 0.453 e. The zero-order chi connectivity index (χ0) is 16.5. The number of cyclic esters (lactones) is 1. The van der Waals surface area contributed by atoms with Gasteiger partial charge in [-0.1, -0.05) is 30.3 Å². The van der Waals surface area contributed by atoms with Crippen LogP contribution >= 0.6 is 11.8 Å². The maximum absolute atomic E-state index is 12.9. The Balaban J connectivity index is 1.58. The van der Waals surface area contributed by atoms with Crippen LogP contribution in [0.3, 0.4) is 0 Å². The zero-order valence-corrected chi connectivity index (χ0v) is 13.9. The van der Waals surface area contributed by atoms with Crippen molar-refractivity contribution in [3.8, 4) is 0 Å². The lowest BCUT2D eigenvalue weighted by molar-refractivity contribution is -0.120. The van der Waals surface area contributed by atoms with Gasteiger partial charge in [-0.15, -0.1) is 11.8 Å². The van der Waals surface area contributed by atoms with E-state index >= 15 is 0 Å². The molecule has 0 unspecified atom stereocenters. The quantitative estimate of drug-likeness (QED) is 0.781. The Labute approximate surface area is 144 Å². The van der Waals surface area contributed by atoms with Crippen LogP contribution in [0, 0.1) is 0 Å². The van der Waals surface area contributed by atoms with E-state index < -0.39 is 6.10 Å². The molecule has 0 bridgehead atoms. The fraction of sp³-hybridized carbons (Fsp3) is 0.263. The molecule has 2 aromatic rings. The molecule has 0 saturated heterocycles. The molecule has 5 heteroatoms. The van der Waals surface area contributed by atoms with Crippen LogP contribution in [0.2, 0.25) is 0 Å². The molecule has 1 atom stereocenters. The number of nitrogens with zero attached hydrogens (tertiary/aromatic N) is 1. The number of ether oxygens (including phenoxy) is 1. The average molecular weight is 339 g/mol. The summed E-state index contributed by atoms with van der Waals surface area (Å²) in [6.45, 7) is 0.700. The third kappa shape index (κ3) is 2.69. The first-order valence-corrected chi connectivity index (χ1v) is 9.05. The van der Waals surface area contributed by atoms with E-state index in [4.69, 9.17) is 4.74 Å². The van der Waals surface area contributed by atoms with Crippen molar-refractivity contribution in [2.24, 2.45) is 0 Å². The van der Waals surface area contributed by atoms with E-state index in [2.05, 4.69) is 6.07 Å². The highest BCUT2D eigenvalue weighted by molar-refractivity contribution is 7.99. The topological polar surface area (TPSA) is 46.6 Å². The number of thioether (sulfide) groups is 1. The van der Waals surface area contributed by atoms with E-state index in [9.17, 15) is 9.59 Å². The predicted molar refractivity (Wildman–Crippen MR) is 93.4 cm³/mol. The molecule has 1 amide bonds. The van der Waals surface area contributed by atoms with Gasteiger partial charge >= 0.3 is 5.97 Å². The minimum Gasteiger partial charge on any atom is -0.453 e. The molecule has 4 rings (SSSR count). The molecular formula is C19H17NO3S. The summed E-state index contributed by atoms with van der Waals surface area (Å²) in [6, 6.07) is 15.3. The Bertz CT molecular complexity index is 805. The molecule has 0 fully saturated rings. The highest BCUT2D eigenvalue weighted by Gasteiger charge is 2.34. The molecule has 2 aliphatic heterocycles. The fourth-order valence-electron chi connectivity index (χ4n) is 3.23. The normalized spacial score (nSPS) is 19.2. The minimum atomic E-state index is -0.482. The number of amides is 1. The van der Waals surface area contributed by atoms with Gasteiger partial charge in [0, 0.05) is 17.0 Å². The van der Waals surface area contributed by atoms with Crippen LogP contribution in [0.25, 0.3) is 0 Å². The highest BCUT2D eigenvalue weighted by atomic mass is 32.2. The molecule has 2 heterocycles. The molecule has 0 aliphatic carbocycles. The SMILES string of the molecule is O=C1O[C@@H](CC(=O)N2CCCSc3ccccc32)c2ccccc21. The number of hydrogen-bond donors (Lipinski definition) is 0. The van der Waals surface area contributed by atoms with E-state index in [1.54, 1.807) is 17.8 Å². The molecule has 24 heavy (non-hydrogen) atoms. The second-order valence-corrected chi connectivity index (χ2v) is 7.04. The van der Waals surface area contributed by atoms with Gasteiger partial charge in [0.1, 0.15) is 6.10 Å². The molecule has 2 aliphatic rings. The lowest BCUT2D eigenvalue weighted by Crippen LogP contribution is -2.32. The van der Waals surface area contributed by atoms with Gasteiger partial charge in [-0.2, -0.15) is 0 Å². The van der Waals surface area contributed by atoms with Crippen molar-refractivity contribution < 1.29 is 14.3 Å². The standard InChI is InChI=1S/C19H17NO3S/c21-18(12-16-13-6-1-2-7-14(13)19(22)23-16)20-10-5-11-24-17-9-4-3-8-15(17)20/h1-4,6-9,16H,5,10-12H2/t16-/m0/s1. The molecule has 0 aromatic heterocycles. The summed E-state index contributed by atoms with van der Waals surface area (Å²) < 4.78 is 5.42. The molecular weight excluding hydrogens is 322 g/mol. The summed E-state index contributed by atoms with van der Waals surface area (Å²) in [6.07, 6.45) is 0.651. The van der Waals surface area contributed by atoms with Crippen molar-refractivity contribution in [1.29, 1.82) is 0 Å². The van der Waals surface area contributed by atoms with E-state index in [1.807, 2.05) is 41.3 Å². The van der Waals surface area contributed by atoms with E-state index in [-0.39, 0.29) is 18.3 Å². The first-order valence-electron chi connectivity index (χ1n) is 8.06. The Morgan fingerprint density at radius 1 is 1.17 bits per heavy atom. The minimum absolute atomic E-state index is 0.000506. The summed E-state index contributed by atoms with van der Waals surface area (Å²) in [5.74, 6) is 0.664. The molecule has 0 spiro atoms. The van der Waals surface area contributed by atoms with Gasteiger partial charge in [0.2, 0.25) is 5.91 Å². The third-order valence-electron chi connectivity index (χ3n) is 4.38. The van der Waals surface area contributed by atoms with Crippen molar-refractivity contribution >= 4 is 29.3 Å². The fourth-order valence-corrected chi connectivity index (χ4v) is 4.22. The number of esters is 1. The summed E-state index contributed by atoms with van der Waals surface area (Å²) in [7, 11) is 0. The Morgan fingerprint density at radius 2 is 1.96 bits per heavy atom. The first kappa shape index (κ1) is 15.3. The summed E-state index contributed by atoms with van der Waals surface area (Å²) in [5.41, 5.74) is 2.35. The van der Waals surface area contributed by atoms with Gasteiger partial charge in [-0.25, -0.2) is 4.79 Å². The number of benzene rings is 2. The van der Waals surface area contributed by atoms with Gasteiger partial charge in [-0.05, 0) is 30.4 Å². The molecule has 0 radical (unpaired) electrons. The maximum Gasteiger partial charge on any atom is 0.339 e. The second-order valence-electron chi connectivity index (χ2n) is 5.90. The number of carbonyl (C=O) groups is 2. The van der Waals surface area contributed by atoms with Gasteiger partial charge in [0.25, 0.3) is 0 Å². The van der Waals surface area contributed by atoms with Gasteiger partial charge < -0.3 is 9.64 Å². The summed E-state index contributed by atoms with van der Waals surface area (Å²) in [5, 5.41) is 0. The van der Waals surface area contributed by atoms with Crippen molar-refractivity contribution in [3.63, 3.8) is 0 Å². The van der Waals surface area contributed by atoms with Crippen LogP contribution in [0.4, 0.5) is 5.69 Å². The number of para-hydroxylation sites is 1. The van der Waals surface area contributed by atoms with Crippen LogP contribution in [-0.4, -0.2) is 24.2 Å². The molecule has 122 valence electrons. The zero-order valence-electron chi connectivity index (χ0n) is 13.1. The monoisotopic (exact) mass is 339 g/mol. The number of fused-ring (bicyclic) bond motifs is 2. The molecule has 2 aromatic carbocycles. The summed E-state index contributed by atoms with van der Waals surface area (Å²) >= 11 is 1.78. The van der Waals surface area contributed by atoms with Crippen LogP contribution in [-0.2, 0) is 9.53 Å². The van der Waals surface area contributed by atoms with Crippen LogP contribution in [0.1, 0.15) is 34.9 Å². The third-order valence-corrected chi connectivity index (χ3v) is 5.53. The van der Waals surface area contributed by atoms with Gasteiger partial charge in [-0.3, -0.25) is 4.79 Å². The number of carbonyl (C=O) groups excluding carboxylic acids is 2. The van der Waals surface area contributed by atoms with Gasteiger partial charge in [0.15, 0.2) is 0 Å². The number of hydrogen-bond acceptors (Lipinski definition) is 4. The highest BCUT2D eigenvalue weighted by Crippen LogP contribution is 2.37. The molecule has 0 N–H and O–H groups in total. The lowest BCUT2D eigenvalue weighted by Gasteiger charge is -2.24. The lowest BCUT2D eigenvalue weighted by atomic mass is 10.0. The molecule has 0 saturated carbocycles. The molecule has 4 nitrogen and oxygen atoms in total. The summed E-state index contributed by atoms with van der Waals surface area (Å²) in [4.78, 5) is 27.8. The Hall–Kier alpha value is -2.27. The maximum atomic E-state index is 12.9. The smallest absolute Gasteiger partial charge is 0.339 e. The van der Waals surface area contributed by atoms with Crippen molar-refractivity contribution in [2.75, 3.05) is 17.2 Å². The van der Waals surface area contributed by atoms with Crippen LogP contribution in [0.5, 0.6) is 0 Å². The van der Waals surface area contributed by atoms with E-state index in [0.717, 1.165) is 28.3 Å². The number of rotatable bonds is 2. The van der Waals surface area contributed by atoms with E-state index in [0.29, 0.717) is 12.1 Å². The second kappa shape index (κ2) is 6.32. The van der Waals surface area contributed by atoms with Crippen LogP contribution in [0.15, 0.2) is 53.4 Å². The van der Waals surface area contributed by atoms with Gasteiger partial charge in [0.05, 0.1) is 17.7 Å². The van der Waals surface area contributed by atoms with Crippen molar-refractivity contribution in [3.05, 3.63) is 59.7 Å². The Kier molecular flexibility index (Phi) is 4.02. The Morgan fingerprint density at radius 3 is 2.88 bits per heavy atom.